The number of benzene rings is 1. The van der Waals surface area contributed by atoms with Crippen LogP contribution in [0.1, 0.15) is 19.4 Å². The van der Waals surface area contributed by atoms with Crippen molar-refractivity contribution >= 4 is 29.9 Å². The van der Waals surface area contributed by atoms with E-state index in [1.165, 1.54) is 0 Å². The molecule has 1 fully saturated rings. The predicted octanol–water partition coefficient (Wildman–Crippen LogP) is 2.29. The number of nitrogens with zero attached hydrogens (tertiary/aromatic N) is 2. The third-order valence-corrected chi connectivity index (χ3v) is 3.62. The maximum atomic E-state index is 6.03. The lowest BCUT2D eigenvalue weighted by atomic mass is 10.1. The van der Waals surface area contributed by atoms with E-state index in [1.807, 2.05) is 32.0 Å². The fraction of sp³-hybridized carbons (Fsp3) is 0.588. The van der Waals surface area contributed by atoms with Crippen molar-refractivity contribution in [3.05, 3.63) is 23.8 Å². The minimum Gasteiger partial charge on any atom is -0.490 e. The highest BCUT2D eigenvalue weighted by molar-refractivity contribution is 14.0. The summed E-state index contributed by atoms with van der Waals surface area (Å²) >= 11 is 0. The summed E-state index contributed by atoms with van der Waals surface area (Å²) in [6.45, 7) is 8.89. The second kappa shape index (κ2) is 11.4. The van der Waals surface area contributed by atoms with Crippen LogP contribution in [0.25, 0.3) is 0 Å². The first-order chi connectivity index (χ1) is 11.2. The molecule has 0 atom stereocenters. The molecule has 1 aromatic carbocycles. The van der Waals surface area contributed by atoms with Crippen LogP contribution in [0.3, 0.4) is 0 Å². The van der Waals surface area contributed by atoms with E-state index in [9.17, 15) is 0 Å². The smallest absolute Gasteiger partial charge is 0.191 e. The van der Waals surface area contributed by atoms with Crippen molar-refractivity contribution in [1.82, 2.24) is 4.90 Å². The zero-order valence-electron chi connectivity index (χ0n) is 14.5. The lowest BCUT2D eigenvalue weighted by Crippen LogP contribution is -2.44. The van der Waals surface area contributed by atoms with Crippen LogP contribution in [-0.2, 0) is 11.2 Å². The molecule has 7 heteroatoms. The Kier molecular flexibility index (Phi) is 9.85. The summed E-state index contributed by atoms with van der Waals surface area (Å²) in [7, 11) is 0. The first kappa shape index (κ1) is 20.8. The number of hydrogen-bond donors (Lipinski definition) is 1. The van der Waals surface area contributed by atoms with Gasteiger partial charge in [0.15, 0.2) is 17.5 Å². The molecule has 1 heterocycles. The van der Waals surface area contributed by atoms with Crippen LogP contribution in [0.15, 0.2) is 23.2 Å². The Labute approximate surface area is 161 Å². The average Bonchev–Trinajstić information content (AvgIpc) is 2.58. The summed E-state index contributed by atoms with van der Waals surface area (Å²) < 4.78 is 16.5. The summed E-state index contributed by atoms with van der Waals surface area (Å²) in [6, 6.07) is 6.03. The third kappa shape index (κ3) is 6.35. The number of aliphatic imine (C=N–C) groups is 1. The molecule has 0 saturated carbocycles. The highest BCUT2D eigenvalue weighted by Gasteiger charge is 2.12. The molecule has 6 nitrogen and oxygen atoms in total. The quantitative estimate of drug-likeness (QED) is 0.393. The number of hydrogen-bond acceptors (Lipinski definition) is 4. The van der Waals surface area contributed by atoms with E-state index < -0.39 is 0 Å². The molecule has 0 spiro atoms. The van der Waals surface area contributed by atoms with Gasteiger partial charge < -0.3 is 24.8 Å². The monoisotopic (exact) mass is 449 g/mol. The molecule has 0 aromatic heterocycles. The van der Waals surface area contributed by atoms with E-state index in [0.29, 0.717) is 38.9 Å². The number of nitrogens with two attached hydrogens (primary N) is 1. The van der Waals surface area contributed by atoms with E-state index in [2.05, 4.69) is 9.89 Å². The lowest BCUT2D eigenvalue weighted by Gasteiger charge is -2.27. The molecule has 1 aliphatic heterocycles. The average molecular weight is 449 g/mol. The van der Waals surface area contributed by atoms with Gasteiger partial charge in [0, 0.05) is 19.6 Å². The largest absolute Gasteiger partial charge is 0.490 e. The molecule has 24 heavy (non-hydrogen) atoms. The molecular weight excluding hydrogens is 421 g/mol. The zero-order chi connectivity index (χ0) is 16.5. The molecule has 2 N–H and O–H groups in total. The SMILES string of the molecule is CCOc1ccc(CCN=C(N)N2CCOCC2)cc1OCC.I. The molecule has 0 bridgehead atoms. The Morgan fingerprint density at radius 1 is 1.17 bits per heavy atom. The topological polar surface area (TPSA) is 69.3 Å². The van der Waals surface area contributed by atoms with Crippen LogP contribution in [0.2, 0.25) is 0 Å². The summed E-state index contributed by atoms with van der Waals surface area (Å²) in [5, 5.41) is 0. The fourth-order valence-corrected chi connectivity index (χ4v) is 2.44. The first-order valence-electron chi connectivity index (χ1n) is 8.25. The van der Waals surface area contributed by atoms with Crippen LogP contribution < -0.4 is 15.2 Å². The van der Waals surface area contributed by atoms with Crippen LogP contribution in [0.4, 0.5) is 0 Å². The van der Waals surface area contributed by atoms with Crippen molar-refractivity contribution in [1.29, 1.82) is 0 Å². The molecule has 1 saturated heterocycles. The Morgan fingerprint density at radius 2 is 1.83 bits per heavy atom. The summed E-state index contributed by atoms with van der Waals surface area (Å²) in [4.78, 5) is 6.53. The highest BCUT2D eigenvalue weighted by Crippen LogP contribution is 2.28. The molecule has 1 aliphatic rings. The third-order valence-electron chi connectivity index (χ3n) is 3.62. The van der Waals surface area contributed by atoms with Crippen LogP contribution >= 0.6 is 24.0 Å². The van der Waals surface area contributed by atoms with Crippen LogP contribution in [0, 0.1) is 0 Å². The van der Waals surface area contributed by atoms with E-state index in [-0.39, 0.29) is 24.0 Å². The Balaban J connectivity index is 0.00000288. The zero-order valence-corrected chi connectivity index (χ0v) is 16.8. The molecule has 2 rings (SSSR count). The summed E-state index contributed by atoms with van der Waals surface area (Å²) in [5.74, 6) is 2.18. The van der Waals surface area contributed by atoms with E-state index in [4.69, 9.17) is 19.9 Å². The minimum atomic E-state index is 0. The van der Waals surface area contributed by atoms with Crippen molar-refractivity contribution in [2.24, 2.45) is 10.7 Å². The molecule has 136 valence electrons. The number of halogens is 1. The van der Waals surface area contributed by atoms with Crippen molar-refractivity contribution in [2.45, 2.75) is 20.3 Å². The van der Waals surface area contributed by atoms with Crippen molar-refractivity contribution in [3.63, 3.8) is 0 Å². The Morgan fingerprint density at radius 3 is 2.50 bits per heavy atom. The molecule has 1 aromatic rings. The molecule has 0 radical (unpaired) electrons. The van der Waals surface area contributed by atoms with Gasteiger partial charge in [-0.05, 0) is 38.0 Å². The van der Waals surface area contributed by atoms with Gasteiger partial charge in [-0.2, -0.15) is 0 Å². The van der Waals surface area contributed by atoms with Crippen LogP contribution in [-0.4, -0.2) is 56.9 Å². The summed E-state index contributed by atoms with van der Waals surface area (Å²) in [5.41, 5.74) is 7.19. The van der Waals surface area contributed by atoms with Gasteiger partial charge >= 0.3 is 0 Å². The molecular formula is C17H28IN3O3. The predicted molar refractivity (Wildman–Crippen MR) is 107 cm³/mol. The molecule has 0 aliphatic carbocycles. The number of rotatable bonds is 7. The lowest BCUT2D eigenvalue weighted by molar-refractivity contribution is 0.0674. The van der Waals surface area contributed by atoms with Crippen molar-refractivity contribution < 1.29 is 14.2 Å². The summed E-state index contributed by atoms with van der Waals surface area (Å²) in [6.07, 6.45) is 0.817. The standard InChI is InChI=1S/C17H27N3O3.HI/c1-3-22-15-6-5-14(13-16(15)23-4-2)7-8-19-17(18)20-9-11-21-12-10-20;/h5-6,13H,3-4,7-12H2,1-2H3,(H2,18,19);1H. The fourth-order valence-electron chi connectivity index (χ4n) is 2.44. The van der Waals surface area contributed by atoms with Crippen molar-refractivity contribution in [2.75, 3.05) is 46.1 Å². The van der Waals surface area contributed by atoms with Gasteiger partial charge in [-0.3, -0.25) is 4.99 Å². The van der Waals surface area contributed by atoms with Gasteiger partial charge in [-0.25, -0.2) is 0 Å². The molecule has 0 amide bonds. The maximum Gasteiger partial charge on any atom is 0.191 e. The number of ether oxygens (including phenoxy) is 3. The highest BCUT2D eigenvalue weighted by atomic mass is 127. The number of morpholine rings is 1. The van der Waals surface area contributed by atoms with Crippen molar-refractivity contribution in [3.8, 4) is 11.5 Å². The normalized spacial score (nSPS) is 14.9. The second-order valence-corrected chi connectivity index (χ2v) is 5.24. The molecule has 0 unspecified atom stereocenters. The van der Waals surface area contributed by atoms with Gasteiger partial charge in [0.1, 0.15) is 0 Å². The second-order valence-electron chi connectivity index (χ2n) is 5.24. The van der Waals surface area contributed by atoms with Gasteiger partial charge in [0.25, 0.3) is 0 Å². The Bertz CT molecular complexity index is 520. The van der Waals surface area contributed by atoms with Crippen LogP contribution in [0.5, 0.6) is 11.5 Å². The van der Waals surface area contributed by atoms with E-state index in [1.54, 1.807) is 0 Å². The van der Waals surface area contributed by atoms with E-state index >= 15 is 0 Å². The number of guanidine groups is 1. The maximum absolute atomic E-state index is 6.03. The van der Waals surface area contributed by atoms with Gasteiger partial charge in [-0.15, -0.1) is 24.0 Å². The van der Waals surface area contributed by atoms with Gasteiger partial charge in [-0.1, -0.05) is 6.07 Å². The minimum absolute atomic E-state index is 0. The van der Waals surface area contributed by atoms with Gasteiger partial charge in [0.2, 0.25) is 0 Å². The first-order valence-corrected chi connectivity index (χ1v) is 8.25. The van der Waals surface area contributed by atoms with Gasteiger partial charge in [0.05, 0.1) is 26.4 Å². The van der Waals surface area contributed by atoms with E-state index in [0.717, 1.165) is 36.6 Å². The Hall–Kier alpha value is -1.22.